The molecule has 2 atom stereocenters. The van der Waals surface area contributed by atoms with Gasteiger partial charge >= 0.3 is 0 Å². The first-order valence-corrected chi connectivity index (χ1v) is 11.1. The maximum atomic E-state index is 13.2. The van der Waals surface area contributed by atoms with E-state index in [1.807, 2.05) is 35.2 Å². The number of morpholine rings is 1. The molecule has 0 aromatic heterocycles. The lowest BCUT2D eigenvalue weighted by Crippen LogP contribution is -2.51. The predicted octanol–water partition coefficient (Wildman–Crippen LogP) is 2.86. The molecule has 0 unspecified atom stereocenters. The smallest absolute Gasteiger partial charge is 0.245 e. The van der Waals surface area contributed by atoms with Crippen LogP contribution < -0.4 is 4.74 Å². The van der Waals surface area contributed by atoms with Crippen molar-refractivity contribution < 1.29 is 19.1 Å². The first-order valence-electron chi connectivity index (χ1n) is 11.1. The molecule has 0 bridgehead atoms. The van der Waals surface area contributed by atoms with Gasteiger partial charge in [-0.2, -0.15) is 0 Å². The molecule has 2 amide bonds. The third-order valence-corrected chi connectivity index (χ3v) is 6.48. The zero-order valence-electron chi connectivity index (χ0n) is 17.1. The average Bonchev–Trinajstić information content (AvgIpc) is 3.43. The van der Waals surface area contributed by atoms with E-state index in [1.54, 1.807) is 4.90 Å². The highest BCUT2D eigenvalue weighted by Gasteiger charge is 2.42. The van der Waals surface area contributed by atoms with Crippen LogP contribution in [0.2, 0.25) is 0 Å². The van der Waals surface area contributed by atoms with Crippen molar-refractivity contribution in [3.05, 3.63) is 30.3 Å². The molecule has 2 heterocycles. The number of likely N-dealkylation sites (tertiary alicyclic amines) is 1. The van der Waals surface area contributed by atoms with E-state index in [0.717, 1.165) is 12.2 Å². The number of rotatable bonds is 6. The van der Waals surface area contributed by atoms with Crippen LogP contribution in [0.15, 0.2) is 30.3 Å². The van der Waals surface area contributed by atoms with Gasteiger partial charge in [0.15, 0.2) is 0 Å². The predicted molar refractivity (Wildman–Crippen MR) is 110 cm³/mol. The van der Waals surface area contributed by atoms with Crippen molar-refractivity contribution in [2.24, 2.45) is 5.92 Å². The molecule has 1 saturated carbocycles. The van der Waals surface area contributed by atoms with Crippen molar-refractivity contribution in [1.29, 1.82) is 0 Å². The first kappa shape index (κ1) is 20.2. The largest absolute Gasteiger partial charge is 0.488 e. The maximum Gasteiger partial charge on any atom is 0.245 e. The molecule has 3 aliphatic rings. The number of amides is 2. The number of carbonyl (C=O) groups is 2. The van der Waals surface area contributed by atoms with Gasteiger partial charge in [-0.25, -0.2) is 0 Å². The topological polar surface area (TPSA) is 59.1 Å². The summed E-state index contributed by atoms with van der Waals surface area (Å²) in [6, 6.07) is 9.24. The van der Waals surface area contributed by atoms with E-state index < -0.39 is 6.04 Å². The molecule has 3 fully saturated rings. The number of benzene rings is 1. The maximum absolute atomic E-state index is 13.2. The zero-order valence-corrected chi connectivity index (χ0v) is 17.1. The molecule has 0 radical (unpaired) electrons. The van der Waals surface area contributed by atoms with Gasteiger partial charge < -0.3 is 19.3 Å². The van der Waals surface area contributed by atoms with Crippen molar-refractivity contribution in [3.63, 3.8) is 0 Å². The Balaban J connectivity index is 1.42. The molecule has 2 saturated heterocycles. The quantitative estimate of drug-likeness (QED) is 0.737. The van der Waals surface area contributed by atoms with E-state index in [9.17, 15) is 9.59 Å². The molecule has 1 aliphatic carbocycles. The molecular weight excluding hydrogens is 368 g/mol. The van der Waals surface area contributed by atoms with Gasteiger partial charge in [-0.05, 0) is 24.5 Å². The van der Waals surface area contributed by atoms with Gasteiger partial charge in [-0.15, -0.1) is 0 Å². The standard InChI is InChI=1S/C23H32N2O4/c26-22(11-10-18-6-4-5-7-18)25-17-20(29-19-8-2-1-3-9-19)16-21(25)23(27)24-12-14-28-15-13-24/h1-3,8-9,18,20-21H,4-7,10-17H2/t20-,21-/m0/s1. The molecule has 2 aliphatic heterocycles. The molecule has 1 aromatic carbocycles. The summed E-state index contributed by atoms with van der Waals surface area (Å²) in [5, 5.41) is 0. The van der Waals surface area contributed by atoms with Gasteiger partial charge in [0.05, 0.1) is 19.8 Å². The fourth-order valence-electron chi connectivity index (χ4n) is 4.85. The van der Waals surface area contributed by atoms with E-state index in [2.05, 4.69) is 0 Å². The Morgan fingerprint density at radius 3 is 2.52 bits per heavy atom. The van der Waals surface area contributed by atoms with Crippen molar-refractivity contribution in [2.75, 3.05) is 32.8 Å². The highest BCUT2D eigenvalue weighted by molar-refractivity contribution is 5.88. The number of hydrogen-bond donors (Lipinski definition) is 0. The van der Waals surface area contributed by atoms with E-state index in [0.29, 0.717) is 51.6 Å². The summed E-state index contributed by atoms with van der Waals surface area (Å²) in [4.78, 5) is 29.9. The molecule has 6 heteroatoms. The lowest BCUT2D eigenvalue weighted by molar-refractivity contribution is -0.146. The van der Waals surface area contributed by atoms with Gasteiger partial charge in [0.25, 0.3) is 0 Å². The van der Waals surface area contributed by atoms with Gasteiger partial charge in [-0.1, -0.05) is 43.9 Å². The molecule has 29 heavy (non-hydrogen) atoms. The van der Waals surface area contributed by atoms with Gasteiger partial charge in [0.2, 0.25) is 11.8 Å². The lowest BCUT2D eigenvalue weighted by Gasteiger charge is -2.32. The summed E-state index contributed by atoms with van der Waals surface area (Å²) in [6.45, 7) is 2.82. The summed E-state index contributed by atoms with van der Waals surface area (Å²) in [5.74, 6) is 1.60. The SMILES string of the molecule is O=C([C@@H]1C[C@H](Oc2ccccc2)CN1C(=O)CCC1CCCC1)N1CCOCC1. The Bertz CT molecular complexity index is 683. The van der Waals surface area contributed by atoms with Crippen molar-refractivity contribution in [2.45, 2.75) is 57.1 Å². The Morgan fingerprint density at radius 1 is 1.07 bits per heavy atom. The van der Waals surface area contributed by atoms with E-state index >= 15 is 0 Å². The highest BCUT2D eigenvalue weighted by atomic mass is 16.5. The van der Waals surface area contributed by atoms with Crippen LogP contribution in [0.5, 0.6) is 5.75 Å². The number of para-hydroxylation sites is 1. The number of carbonyl (C=O) groups excluding carboxylic acids is 2. The van der Waals surface area contributed by atoms with E-state index in [-0.39, 0.29) is 17.9 Å². The third-order valence-electron chi connectivity index (χ3n) is 6.48. The molecule has 158 valence electrons. The Hall–Kier alpha value is -2.08. The van der Waals surface area contributed by atoms with Crippen LogP contribution in [0, 0.1) is 5.92 Å². The third kappa shape index (κ3) is 5.10. The second kappa shape index (κ2) is 9.61. The molecule has 0 spiro atoms. The van der Waals surface area contributed by atoms with Gasteiger partial charge in [0, 0.05) is 25.9 Å². The summed E-state index contributed by atoms with van der Waals surface area (Å²) >= 11 is 0. The fraction of sp³-hybridized carbons (Fsp3) is 0.652. The van der Waals surface area contributed by atoms with Crippen LogP contribution >= 0.6 is 0 Å². The minimum absolute atomic E-state index is 0.0432. The van der Waals surface area contributed by atoms with Crippen molar-refractivity contribution in [3.8, 4) is 5.75 Å². The Morgan fingerprint density at radius 2 is 1.79 bits per heavy atom. The van der Waals surface area contributed by atoms with Crippen LogP contribution in [-0.2, 0) is 14.3 Å². The second-order valence-corrected chi connectivity index (χ2v) is 8.48. The van der Waals surface area contributed by atoms with Crippen molar-refractivity contribution >= 4 is 11.8 Å². The number of hydrogen-bond acceptors (Lipinski definition) is 4. The Labute approximate surface area is 173 Å². The van der Waals surface area contributed by atoms with Crippen LogP contribution in [0.25, 0.3) is 0 Å². The minimum atomic E-state index is -0.419. The monoisotopic (exact) mass is 400 g/mol. The summed E-state index contributed by atoms with van der Waals surface area (Å²) in [7, 11) is 0. The van der Waals surface area contributed by atoms with Crippen LogP contribution in [0.3, 0.4) is 0 Å². The van der Waals surface area contributed by atoms with Crippen LogP contribution in [0.4, 0.5) is 0 Å². The molecule has 4 rings (SSSR count). The number of nitrogens with zero attached hydrogens (tertiary/aromatic N) is 2. The van der Waals surface area contributed by atoms with Crippen LogP contribution in [-0.4, -0.2) is 66.6 Å². The van der Waals surface area contributed by atoms with Crippen LogP contribution in [0.1, 0.15) is 44.9 Å². The van der Waals surface area contributed by atoms with E-state index in [1.165, 1.54) is 25.7 Å². The average molecular weight is 401 g/mol. The van der Waals surface area contributed by atoms with E-state index in [4.69, 9.17) is 9.47 Å². The summed E-state index contributed by atoms with van der Waals surface area (Å²) < 4.78 is 11.5. The molecular formula is C23H32N2O4. The second-order valence-electron chi connectivity index (χ2n) is 8.48. The minimum Gasteiger partial charge on any atom is -0.488 e. The normalized spacial score (nSPS) is 25.4. The first-order chi connectivity index (χ1) is 14.2. The lowest BCUT2D eigenvalue weighted by atomic mass is 10.0. The van der Waals surface area contributed by atoms with Crippen molar-refractivity contribution in [1.82, 2.24) is 9.80 Å². The van der Waals surface area contributed by atoms with Gasteiger partial charge in [-0.3, -0.25) is 9.59 Å². The summed E-state index contributed by atoms with van der Waals surface area (Å²) in [5.41, 5.74) is 0. The zero-order chi connectivity index (χ0) is 20.1. The Kier molecular flexibility index (Phi) is 6.70. The molecule has 6 nitrogen and oxygen atoms in total. The molecule has 1 aromatic rings. The molecule has 0 N–H and O–H groups in total. The number of ether oxygens (including phenoxy) is 2. The fourth-order valence-corrected chi connectivity index (χ4v) is 4.85. The highest BCUT2D eigenvalue weighted by Crippen LogP contribution is 2.30. The van der Waals surface area contributed by atoms with Gasteiger partial charge in [0.1, 0.15) is 17.9 Å². The summed E-state index contributed by atoms with van der Waals surface area (Å²) in [6.07, 6.45) is 6.93.